The number of aromatic nitrogens is 1. The number of Topliss-reactive ketones (excluding diaryl/α,β-unsaturated/α-hetero) is 1. The van der Waals surface area contributed by atoms with Crippen LogP contribution < -0.4 is 9.64 Å². The number of carbonyl (C=O) groups excluding carboxylic acids is 2. The Morgan fingerprint density at radius 1 is 1.09 bits per heavy atom. The zero-order valence-electron chi connectivity index (χ0n) is 18.2. The van der Waals surface area contributed by atoms with Gasteiger partial charge in [-0.25, -0.2) is 0 Å². The highest BCUT2D eigenvalue weighted by Crippen LogP contribution is 2.41. The second-order valence-corrected chi connectivity index (χ2v) is 7.63. The molecule has 32 heavy (non-hydrogen) atoms. The molecule has 1 N–H and O–H groups in total. The van der Waals surface area contributed by atoms with Crippen molar-refractivity contribution in [3.63, 3.8) is 0 Å². The lowest BCUT2D eigenvalue weighted by Gasteiger charge is -2.24. The molecule has 2 aromatic carbocycles. The molecule has 0 aliphatic carbocycles. The highest BCUT2D eigenvalue weighted by Gasteiger charge is 2.47. The summed E-state index contributed by atoms with van der Waals surface area (Å²) < 4.78 is 5.29. The van der Waals surface area contributed by atoms with Crippen LogP contribution in [0, 0.1) is 6.92 Å². The van der Waals surface area contributed by atoms with Gasteiger partial charge in [0.25, 0.3) is 11.7 Å². The SMILES string of the molecule is CCc1ccc(N2C(=O)C(=O)/C(=C(\O)c3ccc(OC)c(C)c3)C2c2ccccn2)cc1. The van der Waals surface area contributed by atoms with Gasteiger partial charge in [0.15, 0.2) is 0 Å². The van der Waals surface area contributed by atoms with Crippen molar-refractivity contribution in [1.29, 1.82) is 0 Å². The van der Waals surface area contributed by atoms with Gasteiger partial charge in [0.1, 0.15) is 17.6 Å². The van der Waals surface area contributed by atoms with E-state index < -0.39 is 17.7 Å². The molecule has 0 saturated carbocycles. The number of methoxy groups -OCH3 is 1. The van der Waals surface area contributed by atoms with Crippen LogP contribution in [0.3, 0.4) is 0 Å². The standard InChI is InChI=1S/C26H24N2O4/c1-4-17-8-11-19(12-9-17)28-23(20-7-5-6-14-27-20)22(25(30)26(28)31)24(29)18-10-13-21(32-3)16(2)15-18/h5-15,23,29H,4H2,1-3H3/b24-22-. The van der Waals surface area contributed by atoms with Gasteiger partial charge in [-0.3, -0.25) is 19.5 Å². The van der Waals surface area contributed by atoms with Crippen molar-refractivity contribution in [2.45, 2.75) is 26.3 Å². The van der Waals surface area contributed by atoms with Crippen molar-refractivity contribution in [3.05, 3.63) is 94.8 Å². The number of ether oxygens (including phenoxy) is 1. The molecule has 1 amide bonds. The summed E-state index contributed by atoms with van der Waals surface area (Å²) in [4.78, 5) is 32.1. The van der Waals surface area contributed by atoms with Gasteiger partial charge >= 0.3 is 0 Å². The smallest absolute Gasteiger partial charge is 0.300 e. The average Bonchev–Trinajstić information content (AvgIpc) is 3.09. The predicted molar refractivity (Wildman–Crippen MR) is 123 cm³/mol. The van der Waals surface area contributed by atoms with E-state index >= 15 is 0 Å². The fourth-order valence-electron chi connectivity index (χ4n) is 3.99. The number of ketones is 1. The van der Waals surface area contributed by atoms with Gasteiger partial charge in [0.05, 0.1) is 18.4 Å². The van der Waals surface area contributed by atoms with Crippen molar-refractivity contribution < 1.29 is 19.4 Å². The van der Waals surface area contributed by atoms with Crippen LogP contribution in [0.4, 0.5) is 5.69 Å². The predicted octanol–water partition coefficient (Wildman–Crippen LogP) is 4.59. The van der Waals surface area contributed by atoms with Gasteiger partial charge in [-0.05, 0) is 66.9 Å². The first-order valence-corrected chi connectivity index (χ1v) is 10.4. The fraction of sp³-hybridized carbons (Fsp3) is 0.192. The van der Waals surface area contributed by atoms with E-state index in [2.05, 4.69) is 4.98 Å². The molecule has 162 valence electrons. The topological polar surface area (TPSA) is 79.7 Å². The lowest BCUT2D eigenvalue weighted by Crippen LogP contribution is -2.29. The van der Waals surface area contributed by atoms with E-state index in [-0.39, 0.29) is 11.3 Å². The third-order valence-electron chi connectivity index (χ3n) is 5.70. The Morgan fingerprint density at radius 2 is 1.84 bits per heavy atom. The molecule has 6 nitrogen and oxygen atoms in total. The number of carbonyl (C=O) groups is 2. The minimum Gasteiger partial charge on any atom is -0.507 e. The first-order valence-electron chi connectivity index (χ1n) is 10.4. The van der Waals surface area contributed by atoms with Crippen LogP contribution in [0.5, 0.6) is 5.75 Å². The number of hydrogen-bond donors (Lipinski definition) is 1. The summed E-state index contributed by atoms with van der Waals surface area (Å²) in [7, 11) is 1.57. The number of anilines is 1. The molecular formula is C26H24N2O4. The van der Waals surface area contributed by atoms with E-state index in [0.717, 1.165) is 17.5 Å². The monoisotopic (exact) mass is 428 g/mol. The van der Waals surface area contributed by atoms with Gasteiger partial charge in [0.2, 0.25) is 0 Å². The maximum atomic E-state index is 13.2. The van der Waals surface area contributed by atoms with Crippen LogP contribution in [-0.2, 0) is 16.0 Å². The molecular weight excluding hydrogens is 404 g/mol. The first-order chi connectivity index (χ1) is 15.5. The molecule has 1 aliphatic rings. The quantitative estimate of drug-likeness (QED) is 0.365. The summed E-state index contributed by atoms with van der Waals surface area (Å²) in [6, 6.07) is 17.1. The van der Waals surface area contributed by atoms with Crippen LogP contribution in [0.25, 0.3) is 5.76 Å². The molecule has 0 bridgehead atoms. The number of rotatable bonds is 5. The van der Waals surface area contributed by atoms with Crippen molar-refractivity contribution in [2.24, 2.45) is 0 Å². The maximum absolute atomic E-state index is 13.2. The first kappa shape index (κ1) is 21.3. The lowest BCUT2D eigenvalue weighted by atomic mass is 9.97. The van der Waals surface area contributed by atoms with Crippen LogP contribution >= 0.6 is 0 Å². The Balaban J connectivity index is 1.90. The Hall–Kier alpha value is -3.93. The Morgan fingerprint density at radius 3 is 2.44 bits per heavy atom. The van der Waals surface area contributed by atoms with E-state index in [4.69, 9.17) is 4.74 Å². The highest BCUT2D eigenvalue weighted by atomic mass is 16.5. The molecule has 1 aromatic heterocycles. The molecule has 1 atom stereocenters. The van der Waals surface area contributed by atoms with E-state index in [9.17, 15) is 14.7 Å². The maximum Gasteiger partial charge on any atom is 0.300 e. The Labute approximate surface area is 186 Å². The third-order valence-corrected chi connectivity index (χ3v) is 5.70. The van der Waals surface area contributed by atoms with Crippen LogP contribution in [0.1, 0.15) is 35.3 Å². The molecule has 1 fully saturated rings. The van der Waals surface area contributed by atoms with E-state index in [1.807, 2.05) is 38.1 Å². The highest BCUT2D eigenvalue weighted by molar-refractivity contribution is 6.51. The normalized spacial score (nSPS) is 17.6. The van der Waals surface area contributed by atoms with E-state index in [1.54, 1.807) is 49.7 Å². The number of aliphatic hydroxyl groups is 1. The van der Waals surface area contributed by atoms with Crippen LogP contribution in [0.15, 0.2) is 72.4 Å². The van der Waals surface area contributed by atoms with Crippen LogP contribution in [-0.4, -0.2) is 28.9 Å². The number of nitrogens with zero attached hydrogens (tertiary/aromatic N) is 2. The van der Waals surface area contributed by atoms with Gasteiger partial charge < -0.3 is 9.84 Å². The number of aliphatic hydroxyl groups excluding tert-OH is 1. The second kappa shape index (κ2) is 8.67. The van der Waals surface area contributed by atoms with Gasteiger partial charge in [-0.15, -0.1) is 0 Å². The third kappa shape index (κ3) is 3.64. The van der Waals surface area contributed by atoms with Crippen molar-refractivity contribution in [3.8, 4) is 5.75 Å². The zero-order valence-corrected chi connectivity index (χ0v) is 18.2. The average molecular weight is 428 g/mol. The molecule has 1 aliphatic heterocycles. The second-order valence-electron chi connectivity index (χ2n) is 7.63. The van der Waals surface area contributed by atoms with Gasteiger partial charge in [-0.1, -0.05) is 25.1 Å². The summed E-state index contributed by atoms with van der Waals surface area (Å²) in [5.74, 6) is -1.01. The van der Waals surface area contributed by atoms with Crippen LogP contribution in [0.2, 0.25) is 0 Å². The molecule has 0 radical (unpaired) electrons. The van der Waals surface area contributed by atoms with Crippen molar-refractivity contribution >= 4 is 23.1 Å². The Bertz CT molecular complexity index is 1200. The molecule has 3 aromatic rings. The molecule has 0 spiro atoms. The summed E-state index contributed by atoms with van der Waals surface area (Å²) in [6.45, 7) is 3.89. The molecule has 1 saturated heterocycles. The number of pyridine rings is 1. The minimum atomic E-state index is -0.842. The minimum absolute atomic E-state index is 0.0119. The van der Waals surface area contributed by atoms with Gasteiger partial charge in [0, 0.05) is 17.4 Å². The number of amides is 1. The number of benzene rings is 2. The summed E-state index contributed by atoms with van der Waals surface area (Å²) in [6.07, 6.45) is 2.47. The Kier molecular flexibility index (Phi) is 5.77. The largest absolute Gasteiger partial charge is 0.507 e. The number of hydrogen-bond acceptors (Lipinski definition) is 5. The number of aryl methyl sites for hydroxylation is 2. The molecule has 4 rings (SSSR count). The zero-order chi connectivity index (χ0) is 22.8. The summed E-state index contributed by atoms with van der Waals surface area (Å²) >= 11 is 0. The molecule has 2 heterocycles. The van der Waals surface area contributed by atoms with Gasteiger partial charge in [-0.2, -0.15) is 0 Å². The lowest BCUT2D eigenvalue weighted by molar-refractivity contribution is -0.132. The molecule has 6 heteroatoms. The van der Waals surface area contributed by atoms with Crippen molar-refractivity contribution in [2.75, 3.05) is 12.0 Å². The van der Waals surface area contributed by atoms with Crippen molar-refractivity contribution in [1.82, 2.24) is 4.98 Å². The fourth-order valence-corrected chi connectivity index (χ4v) is 3.99. The summed E-state index contributed by atoms with van der Waals surface area (Å²) in [5.41, 5.74) is 3.44. The summed E-state index contributed by atoms with van der Waals surface area (Å²) in [5, 5.41) is 11.2. The molecule has 1 unspecified atom stereocenters. The van der Waals surface area contributed by atoms with E-state index in [0.29, 0.717) is 22.7 Å². The van der Waals surface area contributed by atoms with E-state index in [1.165, 1.54) is 4.90 Å².